The lowest BCUT2D eigenvalue weighted by Crippen LogP contribution is -2.45. The molecule has 1 aliphatic carbocycles. The van der Waals surface area contributed by atoms with Crippen molar-refractivity contribution in [1.82, 2.24) is 5.32 Å². The van der Waals surface area contributed by atoms with Gasteiger partial charge >= 0.3 is 0 Å². The molecule has 100 valence electrons. The van der Waals surface area contributed by atoms with E-state index in [1.54, 1.807) is 0 Å². The van der Waals surface area contributed by atoms with Crippen molar-refractivity contribution in [3.8, 4) is 6.07 Å². The first kappa shape index (κ1) is 13.6. The Labute approximate surface area is 114 Å². The van der Waals surface area contributed by atoms with E-state index in [0.717, 1.165) is 19.3 Å². The van der Waals surface area contributed by atoms with Gasteiger partial charge in [-0.2, -0.15) is 5.26 Å². The Bertz CT molecular complexity index is 480. The van der Waals surface area contributed by atoms with Crippen LogP contribution >= 0.6 is 0 Å². The second-order valence-corrected chi connectivity index (χ2v) is 5.22. The largest absolute Gasteiger partial charge is 0.354 e. The number of nitrogens with zero attached hydrogens (tertiary/aromatic N) is 1. The van der Waals surface area contributed by atoms with Gasteiger partial charge in [0.05, 0.1) is 6.07 Å². The molecule has 0 radical (unpaired) electrons. The molecule has 3 nitrogen and oxygen atoms in total. The van der Waals surface area contributed by atoms with Gasteiger partial charge in [-0.15, -0.1) is 0 Å². The van der Waals surface area contributed by atoms with E-state index in [0.29, 0.717) is 19.4 Å². The summed E-state index contributed by atoms with van der Waals surface area (Å²) in [5, 5.41) is 12.0. The fourth-order valence-electron chi connectivity index (χ4n) is 2.35. The molecular weight excluding hydrogens is 236 g/mol. The number of nitriles is 1. The Morgan fingerprint density at radius 3 is 2.42 bits per heavy atom. The number of rotatable bonds is 5. The highest BCUT2D eigenvalue weighted by Gasteiger charge is 2.44. The number of nitrogens with one attached hydrogen (secondary N) is 1. The van der Waals surface area contributed by atoms with Gasteiger partial charge in [-0.05, 0) is 43.2 Å². The Morgan fingerprint density at radius 1 is 1.32 bits per heavy atom. The third kappa shape index (κ3) is 2.96. The number of carbonyl (C=O) groups excluding carboxylic acids is 1. The van der Waals surface area contributed by atoms with E-state index in [-0.39, 0.29) is 5.91 Å². The molecule has 1 amide bonds. The van der Waals surface area contributed by atoms with E-state index >= 15 is 0 Å². The molecule has 0 saturated heterocycles. The highest BCUT2D eigenvalue weighted by atomic mass is 16.2. The minimum absolute atomic E-state index is 0.0913. The molecule has 0 atom stereocenters. The first-order valence-corrected chi connectivity index (χ1v) is 6.97. The molecule has 2 rings (SSSR count). The summed E-state index contributed by atoms with van der Waals surface area (Å²) in [5.74, 6) is -0.0913. The van der Waals surface area contributed by atoms with Crippen molar-refractivity contribution < 1.29 is 4.79 Å². The molecule has 0 spiro atoms. The average molecular weight is 256 g/mol. The van der Waals surface area contributed by atoms with Crippen molar-refractivity contribution in [3.63, 3.8) is 0 Å². The van der Waals surface area contributed by atoms with Crippen molar-refractivity contribution in [2.75, 3.05) is 6.54 Å². The molecule has 1 aromatic carbocycles. The van der Waals surface area contributed by atoms with Crippen molar-refractivity contribution >= 4 is 5.91 Å². The van der Waals surface area contributed by atoms with Gasteiger partial charge in [-0.3, -0.25) is 4.79 Å². The van der Waals surface area contributed by atoms with Gasteiger partial charge in [0.1, 0.15) is 5.41 Å². The van der Waals surface area contributed by atoms with Gasteiger partial charge in [0.15, 0.2) is 0 Å². The maximum absolute atomic E-state index is 11.9. The van der Waals surface area contributed by atoms with Crippen LogP contribution in [-0.4, -0.2) is 12.5 Å². The van der Waals surface area contributed by atoms with Crippen LogP contribution in [0.2, 0.25) is 0 Å². The minimum atomic E-state index is -0.730. The predicted molar refractivity (Wildman–Crippen MR) is 74.4 cm³/mol. The summed E-state index contributed by atoms with van der Waals surface area (Å²) in [7, 11) is 0. The van der Waals surface area contributed by atoms with Gasteiger partial charge in [0.2, 0.25) is 5.91 Å². The molecule has 19 heavy (non-hydrogen) atoms. The maximum Gasteiger partial charge on any atom is 0.240 e. The SMILES string of the molecule is CCc1ccc(CCNC(=O)C2(C#N)CCC2)cc1. The highest BCUT2D eigenvalue weighted by molar-refractivity contribution is 5.86. The molecule has 1 saturated carbocycles. The monoisotopic (exact) mass is 256 g/mol. The predicted octanol–water partition coefficient (Wildman–Crippen LogP) is 2.60. The third-order valence-corrected chi connectivity index (χ3v) is 3.99. The number of carbonyl (C=O) groups is 1. The van der Waals surface area contributed by atoms with E-state index in [1.807, 2.05) is 0 Å². The number of amides is 1. The summed E-state index contributed by atoms with van der Waals surface area (Å²) in [6, 6.07) is 10.6. The van der Waals surface area contributed by atoms with E-state index in [1.165, 1.54) is 11.1 Å². The number of aryl methyl sites for hydroxylation is 1. The van der Waals surface area contributed by atoms with Crippen molar-refractivity contribution in [2.24, 2.45) is 5.41 Å². The zero-order chi connectivity index (χ0) is 13.7. The van der Waals surface area contributed by atoms with Crippen molar-refractivity contribution in [3.05, 3.63) is 35.4 Å². The second kappa shape index (κ2) is 5.88. The van der Waals surface area contributed by atoms with Crippen LogP contribution in [0.15, 0.2) is 24.3 Å². The smallest absolute Gasteiger partial charge is 0.240 e. The highest BCUT2D eigenvalue weighted by Crippen LogP contribution is 2.40. The quantitative estimate of drug-likeness (QED) is 0.880. The molecule has 0 heterocycles. The fraction of sp³-hybridized carbons (Fsp3) is 0.500. The van der Waals surface area contributed by atoms with Crippen LogP contribution in [0.5, 0.6) is 0 Å². The Hall–Kier alpha value is -1.82. The lowest BCUT2D eigenvalue weighted by molar-refractivity contribution is -0.131. The lowest BCUT2D eigenvalue weighted by atomic mass is 9.69. The Balaban J connectivity index is 1.80. The number of hydrogen-bond acceptors (Lipinski definition) is 2. The number of hydrogen-bond donors (Lipinski definition) is 1. The molecule has 0 unspecified atom stereocenters. The summed E-state index contributed by atoms with van der Waals surface area (Å²) in [4.78, 5) is 11.9. The van der Waals surface area contributed by atoms with Crippen molar-refractivity contribution in [2.45, 2.75) is 39.0 Å². The van der Waals surface area contributed by atoms with Gasteiger partial charge in [0, 0.05) is 6.54 Å². The first-order chi connectivity index (χ1) is 9.20. The number of benzene rings is 1. The van der Waals surface area contributed by atoms with Crippen LogP contribution in [-0.2, 0) is 17.6 Å². The van der Waals surface area contributed by atoms with E-state index in [4.69, 9.17) is 5.26 Å². The van der Waals surface area contributed by atoms with Crippen molar-refractivity contribution in [1.29, 1.82) is 5.26 Å². The Kier molecular flexibility index (Phi) is 4.21. The molecular formula is C16H20N2O. The normalized spacial score (nSPS) is 16.2. The topological polar surface area (TPSA) is 52.9 Å². The third-order valence-electron chi connectivity index (χ3n) is 3.99. The fourth-order valence-corrected chi connectivity index (χ4v) is 2.35. The molecule has 1 N–H and O–H groups in total. The molecule has 1 aliphatic rings. The molecule has 0 aromatic heterocycles. The van der Waals surface area contributed by atoms with Gasteiger partial charge in [-0.25, -0.2) is 0 Å². The molecule has 0 aliphatic heterocycles. The Morgan fingerprint density at radius 2 is 1.95 bits per heavy atom. The molecule has 1 fully saturated rings. The minimum Gasteiger partial charge on any atom is -0.354 e. The average Bonchev–Trinajstić information content (AvgIpc) is 2.39. The summed E-state index contributed by atoms with van der Waals surface area (Å²) in [6.45, 7) is 2.74. The van der Waals surface area contributed by atoms with Crippen LogP contribution in [0.25, 0.3) is 0 Å². The van der Waals surface area contributed by atoms with Crippen LogP contribution < -0.4 is 5.32 Å². The van der Waals surface area contributed by atoms with E-state index in [9.17, 15) is 4.79 Å². The van der Waals surface area contributed by atoms with Crippen LogP contribution in [0.4, 0.5) is 0 Å². The maximum atomic E-state index is 11.9. The standard InChI is InChI=1S/C16H20N2O/c1-2-13-4-6-14(7-5-13)8-11-18-15(19)16(12-17)9-3-10-16/h4-7H,2-3,8-11H2,1H3,(H,18,19). The summed E-state index contributed by atoms with van der Waals surface area (Å²) in [6.07, 6.45) is 4.26. The molecule has 0 bridgehead atoms. The molecule has 3 heteroatoms. The second-order valence-electron chi connectivity index (χ2n) is 5.22. The lowest BCUT2D eigenvalue weighted by Gasteiger charge is -2.33. The van der Waals surface area contributed by atoms with Gasteiger partial charge in [0.25, 0.3) is 0 Å². The van der Waals surface area contributed by atoms with Gasteiger partial charge in [-0.1, -0.05) is 31.2 Å². The molecule has 1 aromatic rings. The first-order valence-electron chi connectivity index (χ1n) is 6.97. The zero-order valence-electron chi connectivity index (χ0n) is 11.4. The van der Waals surface area contributed by atoms with Crippen LogP contribution in [0.1, 0.15) is 37.3 Å². The zero-order valence-corrected chi connectivity index (χ0v) is 11.4. The van der Waals surface area contributed by atoms with E-state index in [2.05, 4.69) is 42.6 Å². The summed E-state index contributed by atoms with van der Waals surface area (Å²) >= 11 is 0. The van der Waals surface area contributed by atoms with Gasteiger partial charge < -0.3 is 5.32 Å². The van der Waals surface area contributed by atoms with Crippen LogP contribution in [0.3, 0.4) is 0 Å². The summed E-state index contributed by atoms with van der Waals surface area (Å²) in [5.41, 5.74) is 1.81. The summed E-state index contributed by atoms with van der Waals surface area (Å²) < 4.78 is 0. The van der Waals surface area contributed by atoms with Crippen LogP contribution in [0, 0.1) is 16.7 Å². The van der Waals surface area contributed by atoms with E-state index < -0.39 is 5.41 Å².